The van der Waals surface area contributed by atoms with Gasteiger partial charge in [0.2, 0.25) is 5.91 Å². The van der Waals surface area contributed by atoms with Crippen molar-refractivity contribution >= 4 is 11.9 Å². The van der Waals surface area contributed by atoms with Crippen molar-refractivity contribution in [1.29, 1.82) is 0 Å². The van der Waals surface area contributed by atoms with E-state index in [0.29, 0.717) is 32.4 Å². The van der Waals surface area contributed by atoms with Crippen LogP contribution >= 0.6 is 0 Å². The molecule has 0 unspecified atom stereocenters. The SMILES string of the molecule is CCN(Cc1ccccc1)C(=O)[C@@H]1CC[C@H](C(=O)O)C1. The molecule has 1 aliphatic carbocycles. The van der Waals surface area contributed by atoms with Crippen molar-refractivity contribution in [3.63, 3.8) is 0 Å². The highest BCUT2D eigenvalue weighted by Gasteiger charge is 2.35. The van der Waals surface area contributed by atoms with E-state index in [1.54, 1.807) is 0 Å². The van der Waals surface area contributed by atoms with Crippen LogP contribution in [0, 0.1) is 11.8 Å². The summed E-state index contributed by atoms with van der Waals surface area (Å²) in [6.45, 7) is 3.22. The van der Waals surface area contributed by atoms with Gasteiger partial charge in [0, 0.05) is 19.0 Å². The first kappa shape index (κ1) is 14.6. The first-order valence-electron chi connectivity index (χ1n) is 7.17. The van der Waals surface area contributed by atoms with Gasteiger partial charge in [-0.1, -0.05) is 30.3 Å². The molecule has 0 aromatic heterocycles. The summed E-state index contributed by atoms with van der Waals surface area (Å²) in [5.41, 5.74) is 1.11. The van der Waals surface area contributed by atoms with E-state index in [4.69, 9.17) is 5.11 Å². The van der Waals surface area contributed by atoms with Gasteiger partial charge in [0.15, 0.2) is 0 Å². The van der Waals surface area contributed by atoms with Crippen LogP contribution in [0.2, 0.25) is 0 Å². The van der Waals surface area contributed by atoms with Crippen LogP contribution in [-0.2, 0) is 16.1 Å². The molecular formula is C16H21NO3. The van der Waals surface area contributed by atoms with E-state index in [2.05, 4.69) is 0 Å². The Bertz CT molecular complexity index is 472. The summed E-state index contributed by atoms with van der Waals surface area (Å²) < 4.78 is 0. The smallest absolute Gasteiger partial charge is 0.306 e. The number of hydrogen-bond donors (Lipinski definition) is 1. The zero-order valence-corrected chi connectivity index (χ0v) is 11.8. The fourth-order valence-corrected chi connectivity index (χ4v) is 2.84. The first-order valence-corrected chi connectivity index (χ1v) is 7.17. The Morgan fingerprint density at radius 1 is 1.20 bits per heavy atom. The molecule has 0 radical (unpaired) electrons. The van der Waals surface area contributed by atoms with Crippen LogP contribution in [0.5, 0.6) is 0 Å². The topological polar surface area (TPSA) is 57.6 Å². The van der Waals surface area contributed by atoms with Crippen molar-refractivity contribution in [2.45, 2.75) is 32.7 Å². The number of nitrogens with zero attached hydrogens (tertiary/aromatic N) is 1. The van der Waals surface area contributed by atoms with E-state index in [9.17, 15) is 9.59 Å². The average molecular weight is 275 g/mol. The summed E-state index contributed by atoms with van der Waals surface area (Å²) in [4.78, 5) is 25.3. The maximum atomic E-state index is 12.5. The molecule has 1 N–H and O–H groups in total. The van der Waals surface area contributed by atoms with Gasteiger partial charge in [-0.2, -0.15) is 0 Å². The molecular weight excluding hydrogens is 254 g/mol. The molecule has 1 aliphatic rings. The molecule has 4 nitrogen and oxygen atoms in total. The van der Waals surface area contributed by atoms with E-state index in [1.807, 2.05) is 42.2 Å². The second-order valence-electron chi connectivity index (χ2n) is 5.38. The first-order chi connectivity index (χ1) is 9.61. The largest absolute Gasteiger partial charge is 0.481 e. The quantitative estimate of drug-likeness (QED) is 0.898. The normalized spacial score (nSPS) is 21.6. The van der Waals surface area contributed by atoms with Crippen LogP contribution in [0.1, 0.15) is 31.7 Å². The van der Waals surface area contributed by atoms with Crippen LogP contribution in [-0.4, -0.2) is 28.4 Å². The minimum absolute atomic E-state index is 0.0973. The van der Waals surface area contributed by atoms with Gasteiger partial charge in [-0.15, -0.1) is 0 Å². The number of amides is 1. The molecule has 2 atom stereocenters. The second-order valence-corrected chi connectivity index (χ2v) is 5.38. The highest BCUT2D eigenvalue weighted by Crippen LogP contribution is 2.32. The lowest BCUT2D eigenvalue weighted by Gasteiger charge is -2.24. The Morgan fingerprint density at radius 3 is 2.40 bits per heavy atom. The van der Waals surface area contributed by atoms with Gasteiger partial charge in [0.25, 0.3) is 0 Å². The van der Waals surface area contributed by atoms with Crippen molar-refractivity contribution in [1.82, 2.24) is 4.90 Å². The molecule has 1 saturated carbocycles. The molecule has 2 rings (SSSR count). The maximum absolute atomic E-state index is 12.5. The van der Waals surface area contributed by atoms with Crippen molar-refractivity contribution < 1.29 is 14.7 Å². The van der Waals surface area contributed by atoms with Gasteiger partial charge in [-0.05, 0) is 31.7 Å². The molecule has 0 spiro atoms. The Kier molecular flexibility index (Phi) is 4.77. The molecule has 0 heterocycles. The Hall–Kier alpha value is -1.84. The van der Waals surface area contributed by atoms with Gasteiger partial charge >= 0.3 is 5.97 Å². The monoisotopic (exact) mass is 275 g/mol. The number of carbonyl (C=O) groups is 2. The molecule has 4 heteroatoms. The molecule has 1 aromatic carbocycles. The highest BCUT2D eigenvalue weighted by atomic mass is 16.4. The van der Waals surface area contributed by atoms with Crippen molar-refractivity contribution in [3.8, 4) is 0 Å². The standard InChI is InChI=1S/C16H21NO3/c1-2-17(11-12-6-4-3-5-7-12)15(18)13-8-9-14(10-13)16(19)20/h3-7,13-14H,2,8-11H2,1H3,(H,19,20)/t13-,14+/m1/s1. The van der Waals surface area contributed by atoms with Crippen LogP contribution in [0.4, 0.5) is 0 Å². The molecule has 0 aliphatic heterocycles. The van der Waals surface area contributed by atoms with Crippen molar-refractivity contribution in [2.75, 3.05) is 6.54 Å². The second kappa shape index (κ2) is 6.55. The predicted molar refractivity (Wildman–Crippen MR) is 76.0 cm³/mol. The lowest BCUT2D eigenvalue weighted by Crippen LogP contribution is -2.35. The predicted octanol–water partition coefficient (Wildman–Crippen LogP) is 2.54. The molecule has 20 heavy (non-hydrogen) atoms. The van der Waals surface area contributed by atoms with Gasteiger partial charge < -0.3 is 10.0 Å². The lowest BCUT2D eigenvalue weighted by atomic mass is 10.0. The van der Waals surface area contributed by atoms with E-state index < -0.39 is 5.97 Å². The third-order valence-electron chi connectivity index (χ3n) is 4.04. The third kappa shape index (κ3) is 3.38. The number of rotatable bonds is 5. The number of benzene rings is 1. The van der Waals surface area contributed by atoms with E-state index in [0.717, 1.165) is 5.56 Å². The van der Waals surface area contributed by atoms with Crippen LogP contribution < -0.4 is 0 Å². The minimum atomic E-state index is -0.772. The number of hydrogen-bond acceptors (Lipinski definition) is 2. The molecule has 0 saturated heterocycles. The van der Waals surface area contributed by atoms with E-state index >= 15 is 0 Å². The van der Waals surface area contributed by atoms with Crippen molar-refractivity contribution in [3.05, 3.63) is 35.9 Å². The summed E-state index contributed by atoms with van der Waals surface area (Å²) in [5, 5.41) is 9.02. The van der Waals surface area contributed by atoms with Crippen LogP contribution in [0.3, 0.4) is 0 Å². The molecule has 1 fully saturated rings. The molecule has 108 valence electrons. The van der Waals surface area contributed by atoms with Crippen molar-refractivity contribution in [2.24, 2.45) is 11.8 Å². The molecule has 1 amide bonds. The minimum Gasteiger partial charge on any atom is -0.481 e. The number of carboxylic acid groups (broad SMARTS) is 1. The Labute approximate surface area is 119 Å². The number of carbonyl (C=O) groups excluding carboxylic acids is 1. The van der Waals surface area contributed by atoms with Gasteiger partial charge in [-0.3, -0.25) is 9.59 Å². The fourth-order valence-electron chi connectivity index (χ4n) is 2.84. The summed E-state index contributed by atoms with van der Waals surface area (Å²) in [7, 11) is 0. The lowest BCUT2D eigenvalue weighted by molar-refractivity contribution is -0.141. The average Bonchev–Trinajstić information content (AvgIpc) is 2.95. The van der Waals surface area contributed by atoms with E-state index in [1.165, 1.54) is 0 Å². The summed E-state index contributed by atoms with van der Waals surface area (Å²) in [5.74, 6) is -1.15. The number of aliphatic carboxylic acids is 1. The molecule has 1 aromatic rings. The third-order valence-corrected chi connectivity index (χ3v) is 4.04. The zero-order valence-electron chi connectivity index (χ0n) is 11.8. The zero-order chi connectivity index (χ0) is 14.5. The Morgan fingerprint density at radius 2 is 1.85 bits per heavy atom. The van der Waals surface area contributed by atoms with E-state index in [-0.39, 0.29) is 17.7 Å². The van der Waals surface area contributed by atoms with Crippen LogP contribution in [0.25, 0.3) is 0 Å². The van der Waals surface area contributed by atoms with Gasteiger partial charge in [0.05, 0.1) is 5.92 Å². The Balaban J connectivity index is 1.98. The summed E-state index contributed by atoms with van der Waals surface area (Å²) in [6.07, 6.45) is 1.80. The summed E-state index contributed by atoms with van der Waals surface area (Å²) >= 11 is 0. The fraction of sp³-hybridized carbons (Fsp3) is 0.500. The van der Waals surface area contributed by atoms with Crippen LogP contribution in [0.15, 0.2) is 30.3 Å². The van der Waals surface area contributed by atoms with Gasteiger partial charge in [-0.25, -0.2) is 0 Å². The summed E-state index contributed by atoms with van der Waals surface area (Å²) in [6, 6.07) is 9.89. The van der Waals surface area contributed by atoms with Gasteiger partial charge in [0.1, 0.15) is 0 Å². The maximum Gasteiger partial charge on any atom is 0.306 e. The molecule has 0 bridgehead atoms. The highest BCUT2D eigenvalue weighted by molar-refractivity contribution is 5.81. The number of carboxylic acids is 1.